The highest BCUT2D eigenvalue weighted by atomic mass is 32.2. The van der Waals surface area contributed by atoms with Crippen LogP contribution in [0.4, 0.5) is 0 Å². The van der Waals surface area contributed by atoms with Crippen molar-refractivity contribution in [2.45, 2.75) is 24.0 Å². The Hall–Kier alpha value is -3.10. The van der Waals surface area contributed by atoms with Crippen molar-refractivity contribution in [2.75, 3.05) is 0 Å². The van der Waals surface area contributed by atoms with Crippen LogP contribution in [0.15, 0.2) is 71.4 Å². The third kappa shape index (κ3) is 3.30. The Labute approximate surface area is 175 Å². The monoisotopic (exact) mass is 416 g/mol. The molecule has 0 N–H and O–H groups in total. The van der Waals surface area contributed by atoms with Gasteiger partial charge in [-0.25, -0.2) is 9.97 Å². The Balaban J connectivity index is 1.69. The molecule has 29 heavy (non-hydrogen) atoms. The molecule has 8 heteroatoms. The number of aromatic nitrogens is 6. The Morgan fingerprint density at radius 3 is 2.62 bits per heavy atom. The highest BCUT2D eigenvalue weighted by molar-refractivity contribution is 7.99. The first-order valence-corrected chi connectivity index (χ1v) is 10.6. The molecule has 0 bridgehead atoms. The van der Waals surface area contributed by atoms with Crippen LogP contribution in [0, 0.1) is 13.8 Å². The first-order valence-electron chi connectivity index (χ1n) is 9.01. The van der Waals surface area contributed by atoms with E-state index < -0.39 is 0 Å². The lowest BCUT2D eigenvalue weighted by Gasteiger charge is -2.12. The van der Waals surface area contributed by atoms with Crippen molar-refractivity contribution in [1.82, 2.24) is 29.7 Å². The van der Waals surface area contributed by atoms with E-state index in [0.29, 0.717) is 0 Å². The average molecular weight is 417 g/mol. The van der Waals surface area contributed by atoms with Crippen LogP contribution >= 0.6 is 23.1 Å². The maximum Gasteiger partial charge on any atom is 0.202 e. The second kappa shape index (κ2) is 7.38. The van der Waals surface area contributed by atoms with Gasteiger partial charge in [0.1, 0.15) is 16.2 Å². The zero-order valence-corrected chi connectivity index (χ0v) is 17.4. The third-order valence-electron chi connectivity index (χ3n) is 4.53. The van der Waals surface area contributed by atoms with E-state index in [2.05, 4.69) is 61.8 Å². The van der Waals surface area contributed by atoms with E-state index in [9.17, 15) is 0 Å². The van der Waals surface area contributed by atoms with E-state index in [1.54, 1.807) is 30.1 Å². The number of rotatable bonds is 4. The van der Waals surface area contributed by atoms with Gasteiger partial charge in [0, 0.05) is 28.2 Å². The SMILES string of the molecule is Cc1cc2c(Sc3nnc(-c4ccncc4)n3-c3ccccc3C)ncnc2s1. The number of hydrogen-bond acceptors (Lipinski definition) is 7. The summed E-state index contributed by atoms with van der Waals surface area (Å²) in [5.74, 6) is 0.774. The van der Waals surface area contributed by atoms with Crippen LogP contribution in [-0.4, -0.2) is 29.7 Å². The fourth-order valence-corrected chi connectivity index (χ4v) is 4.99. The second-order valence-corrected chi connectivity index (χ2v) is 8.71. The first kappa shape index (κ1) is 18.0. The topological polar surface area (TPSA) is 69.4 Å². The first-order chi connectivity index (χ1) is 14.2. The van der Waals surface area contributed by atoms with Crippen molar-refractivity contribution in [2.24, 2.45) is 0 Å². The van der Waals surface area contributed by atoms with Crippen LogP contribution in [0.3, 0.4) is 0 Å². The summed E-state index contributed by atoms with van der Waals surface area (Å²) in [5.41, 5.74) is 3.14. The summed E-state index contributed by atoms with van der Waals surface area (Å²) in [4.78, 5) is 15.2. The van der Waals surface area contributed by atoms with Crippen molar-refractivity contribution in [3.8, 4) is 17.1 Å². The number of nitrogens with zero attached hydrogens (tertiary/aromatic N) is 6. The molecule has 0 fully saturated rings. The van der Waals surface area contributed by atoms with Gasteiger partial charge in [0.05, 0.1) is 5.69 Å². The van der Waals surface area contributed by atoms with Crippen molar-refractivity contribution in [3.05, 3.63) is 71.6 Å². The predicted molar refractivity (Wildman–Crippen MR) is 116 cm³/mol. The number of pyridine rings is 1. The van der Waals surface area contributed by atoms with Crippen LogP contribution in [0.25, 0.3) is 27.3 Å². The van der Waals surface area contributed by atoms with Crippen molar-refractivity contribution in [3.63, 3.8) is 0 Å². The number of thiophene rings is 1. The molecule has 1 aromatic carbocycles. The second-order valence-electron chi connectivity index (χ2n) is 6.52. The molecule has 142 valence electrons. The predicted octanol–water partition coefficient (Wildman–Crippen LogP) is 5.10. The normalized spacial score (nSPS) is 11.2. The van der Waals surface area contributed by atoms with E-state index in [0.717, 1.165) is 43.0 Å². The molecule has 0 radical (unpaired) electrons. The zero-order valence-electron chi connectivity index (χ0n) is 15.8. The maximum absolute atomic E-state index is 4.52. The van der Waals surface area contributed by atoms with Gasteiger partial charge in [-0.05, 0) is 55.4 Å². The van der Waals surface area contributed by atoms with Gasteiger partial charge in [-0.2, -0.15) is 0 Å². The lowest BCUT2D eigenvalue weighted by Crippen LogP contribution is -2.02. The largest absolute Gasteiger partial charge is 0.269 e. The highest BCUT2D eigenvalue weighted by Gasteiger charge is 2.19. The smallest absolute Gasteiger partial charge is 0.202 e. The van der Waals surface area contributed by atoms with Gasteiger partial charge in [-0.15, -0.1) is 21.5 Å². The molecule has 6 nitrogen and oxygen atoms in total. The molecule has 4 aromatic heterocycles. The zero-order chi connectivity index (χ0) is 19.8. The molecular formula is C21H16N6S2. The quantitative estimate of drug-likeness (QED) is 0.380. The fourth-order valence-electron chi connectivity index (χ4n) is 3.18. The maximum atomic E-state index is 4.52. The van der Waals surface area contributed by atoms with E-state index in [1.165, 1.54) is 16.6 Å². The van der Waals surface area contributed by atoms with Crippen LogP contribution in [0.5, 0.6) is 0 Å². The minimum Gasteiger partial charge on any atom is -0.269 e. The third-order valence-corrected chi connectivity index (χ3v) is 6.46. The summed E-state index contributed by atoms with van der Waals surface area (Å²) >= 11 is 3.17. The molecule has 5 rings (SSSR count). The van der Waals surface area contributed by atoms with Gasteiger partial charge in [0.25, 0.3) is 0 Å². The number of benzene rings is 1. The lowest BCUT2D eigenvalue weighted by molar-refractivity contribution is 0.878. The molecule has 0 saturated carbocycles. The number of aryl methyl sites for hydroxylation is 2. The molecule has 0 atom stereocenters. The van der Waals surface area contributed by atoms with Gasteiger partial charge in [-0.3, -0.25) is 9.55 Å². The number of para-hydroxylation sites is 1. The molecule has 0 spiro atoms. The van der Waals surface area contributed by atoms with Gasteiger partial charge in [0.2, 0.25) is 5.16 Å². The van der Waals surface area contributed by atoms with Gasteiger partial charge < -0.3 is 0 Å². The Kier molecular flexibility index (Phi) is 4.57. The Bertz CT molecular complexity index is 1310. The molecule has 0 aliphatic heterocycles. The Morgan fingerprint density at radius 2 is 1.79 bits per heavy atom. The number of hydrogen-bond donors (Lipinski definition) is 0. The fraction of sp³-hybridized carbons (Fsp3) is 0.0952. The van der Waals surface area contributed by atoms with E-state index in [4.69, 9.17) is 0 Å². The standard InChI is InChI=1S/C21H16N6S2/c1-13-5-3-4-6-17(13)27-18(15-7-9-22-10-8-15)25-26-21(27)29-20-16-11-14(2)28-19(16)23-12-24-20/h3-12H,1-2H3. The summed E-state index contributed by atoms with van der Waals surface area (Å²) in [6, 6.07) is 14.2. The van der Waals surface area contributed by atoms with Gasteiger partial charge >= 0.3 is 0 Å². The van der Waals surface area contributed by atoms with Gasteiger partial charge in [-0.1, -0.05) is 18.2 Å². The van der Waals surface area contributed by atoms with E-state index in [1.807, 2.05) is 24.3 Å². The van der Waals surface area contributed by atoms with Crippen molar-refractivity contribution in [1.29, 1.82) is 0 Å². The highest BCUT2D eigenvalue weighted by Crippen LogP contribution is 2.36. The molecule has 0 aliphatic carbocycles. The van der Waals surface area contributed by atoms with Crippen LogP contribution in [0.2, 0.25) is 0 Å². The van der Waals surface area contributed by atoms with E-state index >= 15 is 0 Å². The van der Waals surface area contributed by atoms with E-state index in [-0.39, 0.29) is 0 Å². The lowest BCUT2D eigenvalue weighted by atomic mass is 10.2. The van der Waals surface area contributed by atoms with Crippen molar-refractivity contribution >= 4 is 33.3 Å². The van der Waals surface area contributed by atoms with Gasteiger partial charge in [0.15, 0.2) is 5.82 Å². The molecule has 0 saturated heterocycles. The average Bonchev–Trinajstić information content (AvgIpc) is 3.32. The summed E-state index contributed by atoms with van der Waals surface area (Å²) < 4.78 is 2.09. The van der Waals surface area contributed by atoms with Crippen LogP contribution in [-0.2, 0) is 0 Å². The molecule has 0 unspecified atom stereocenters. The van der Waals surface area contributed by atoms with Crippen LogP contribution < -0.4 is 0 Å². The summed E-state index contributed by atoms with van der Waals surface area (Å²) in [7, 11) is 0. The summed E-state index contributed by atoms with van der Waals surface area (Å²) in [6.45, 7) is 4.17. The van der Waals surface area contributed by atoms with Crippen molar-refractivity contribution < 1.29 is 0 Å². The minimum absolute atomic E-state index is 0.759. The molecule has 4 heterocycles. The molecule has 5 aromatic rings. The number of fused-ring (bicyclic) bond motifs is 1. The van der Waals surface area contributed by atoms with Crippen LogP contribution in [0.1, 0.15) is 10.4 Å². The summed E-state index contributed by atoms with van der Waals surface area (Å²) in [6.07, 6.45) is 5.14. The molecule has 0 amide bonds. The minimum atomic E-state index is 0.759. The Morgan fingerprint density at radius 1 is 0.966 bits per heavy atom. The molecular weight excluding hydrogens is 400 g/mol. The molecule has 0 aliphatic rings. The summed E-state index contributed by atoms with van der Waals surface area (Å²) in [5, 5.41) is 11.7.